The molecule has 3 rings (SSSR count). The first-order valence-electron chi connectivity index (χ1n) is 16.4. The number of nitrogens with zero attached hydrogens (tertiary/aromatic N) is 2. The molecular weight excluding hydrogens is 642 g/mol. The summed E-state index contributed by atoms with van der Waals surface area (Å²) in [7, 11) is 3.50. The number of benzene rings is 2. The van der Waals surface area contributed by atoms with Gasteiger partial charge in [0.2, 0.25) is 17.7 Å². The molecule has 0 bridgehead atoms. The zero-order valence-electron chi connectivity index (χ0n) is 29.5. The Bertz CT molecular complexity index is 1470. The molecule has 0 unspecified atom stereocenters. The van der Waals surface area contributed by atoms with Gasteiger partial charge >= 0.3 is 12.1 Å². The van der Waals surface area contributed by atoms with Crippen LogP contribution in [-0.4, -0.2) is 83.1 Å². The van der Waals surface area contributed by atoms with Crippen molar-refractivity contribution in [1.82, 2.24) is 31.2 Å². The highest BCUT2D eigenvalue weighted by molar-refractivity contribution is 5.95. The van der Waals surface area contributed by atoms with E-state index in [9.17, 15) is 29.1 Å². The summed E-state index contributed by atoms with van der Waals surface area (Å²) in [6.45, 7) is 7.06. The van der Waals surface area contributed by atoms with E-state index in [1.807, 2.05) is 50.2 Å². The first kappa shape index (κ1) is 40.9. The number of H-pyrrole nitrogens is 1. The van der Waals surface area contributed by atoms with Crippen LogP contribution in [0.1, 0.15) is 50.9 Å². The molecule has 0 aliphatic rings. The molecule has 1 heterocycles. The van der Waals surface area contributed by atoms with Gasteiger partial charge in [0.25, 0.3) is 0 Å². The molecule has 0 saturated heterocycles. The smallest absolute Gasteiger partial charge is 0.408 e. The minimum absolute atomic E-state index is 0.00392. The van der Waals surface area contributed by atoms with E-state index in [1.54, 1.807) is 52.2 Å². The normalized spacial score (nSPS) is 13.1. The van der Waals surface area contributed by atoms with Crippen LogP contribution in [0.5, 0.6) is 0 Å². The van der Waals surface area contributed by atoms with Gasteiger partial charge in [0.15, 0.2) is 0 Å². The molecule has 0 spiro atoms. The number of ether oxygens (including phenoxy) is 1. The molecule has 0 fully saturated rings. The minimum Gasteiger partial charge on any atom is -0.668 e. The molecule has 6 N–H and O–H groups in total. The van der Waals surface area contributed by atoms with Crippen molar-refractivity contribution in [3.63, 3.8) is 0 Å². The van der Waals surface area contributed by atoms with Crippen LogP contribution in [-0.2, 0) is 43.4 Å². The van der Waals surface area contributed by atoms with E-state index in [0.717, 1.165) is 11.1 Å². The molecule has 4 amide bonds. The van der Waals surface area contributed by atoms with E-state index in [2.05, 4.69) is 36.6 Å². The van der Waals surface area contributed by atoms with Gasteiger partial charge in [0, 0.05) is 24.7 Å². The maximum Gasteiger partial charge on any atom is 0.408 e. The van der Waals surface area contributed by atoms with Crippen LogP contribution in [0.15, 0.2) is 73.2 Å². The molecule has 14 nitrogen and oxygen atoms in total. The number of carbonyl (C=O) groups excluding carboxylic acids is 4. The molecule has 0 saturated carbocycles. The summed E-state index contributed by atoms with van der Waals surface area (Å²) in [5.74, 6) is -3.59. The Kier molecular flexibility index (Phi) is 17.7. The summed E-state index contributed by atoms with van der Waals surface area (Å²) in [5.41, 5.74) is 2.07. The van der Waals surface area contributed by atoms with Crippen molar-refractivity contribution < 1.29 is 33.8 Å². The summed E-state index contributed by atoms with van der Waals surface area (Å²) in [6.07, 6.45) is 2.45. The fraction of sp³-hybridized carbons (Fsp3) is 0.444. The number of rotatable bonds is 17. The minimum atomic E-state index is -1.19. The first-order chi connectivity index (χ1) is 23.8. The van der Waals surface area contributed by atoms with Crippen LogP contribution >= 0.6 is 0 Å². The van der Waals surface area contributed by atoms with Crippen LogP contribution in [0.3, 0.4) is 0 Å². The number of carboxylic acids is 1. The van der Waals surface area contributed by atoms with Crippen LogP contribution in [0.25, 0.3) is 5.32 Å². The third kappa shape index (κ3) is 14.9. The van der Waals surface area contributed by atoms with Gasteiger partial charge in [-0.3, -0.25) is 14.4 Å². The molecule has 2 aromatic carbocycles. The number of aromatic nitrogens is 2. The Morgan fingerprint density at radius 2 is 1.28 bits per heavy atom. The summed E-state index contributed by atoms with van der Waals surface area (Å²) < 4.78 is 5.36. The number of amides is 4. The fourth-order valence-electron chi connectivity index (χ4n) is 4.81. The maximum atomic E-state index is 13.8. The Balaban J connectivity index is 0.00000278. The van der Waals surface area contributed by atoms with E-state index >= 15 is 0 Å². The van der Waals surface area contributed by atoms with Crippen LogP contribution < -0.4 is 21.3 Å². The van der Waals surface area contributed by atoms with E-state index in [1.165, 1.54) is 12.5 Å². The summed E-state index contributed by atoms with van der Waals surface area (Å²) in [5, 5.41) is 23.7. The Labute approximate surface area is 293 Å². The first-order valence-corrected chi connectivity index (χ1v) is 16.4. The standard InChI is InChI=1S/C34H44N6O7.C2H6N/c1-21(2)15-26(32(43)40-29(22(3)4)33(44)45)37-31(42)28(17-25-18-35-20-36-25)38-30(41)27(16-23-11-7-5-8-12-23)39-34(46)47-19-24-13-9-6-10-14-24;1-3-2/h5-14,18,20-22,26-29H,15-17,19H2,1-4H3,(H,35,36)(H,37,42)(H,38,41)(H,39,46)(H,40,43)(H,44,45);1-2H3/q;-1/t26-,27-,28-,29-;/m0./s1. The molecule has 0 radical (unpaired) electrons. The number of aromatic amines is 1. The summed E-state index contributed by atoms with van der Waals surface area (Å²) in [4.78, 5) is 72.2. The quantitative estimate of drug-likeness (QED) is 0.123. The van der Waals surface area contributed by atoms with Crippen molar-refractivity contribution in [1.29, 1.82) is 0 Å². The van der Waals surface area contributed by atoms with E-state index in [0.29, 0.717) is 5.69 Å². The van der Waals surface area contributed by atoms with Crippen LogP contribution in [0.2, 0.25) is 0 Å². The number of alkyl carbamates (subject to hydrolysis) is 1. The van der Waals surface area contributed by atoms with Gasteiger partial charge in [0.1, 0.15) is 30.8 Å². The predicted octanol–water partition coefficient (Wildman–Crippen LogP) is 3.35. The molecule has 0 aliphatic heterocycles. The average molecular weight is 693 g/mol. The third-order valence-electron chi connectivity index (χ3n) is 7.29. The fourth-order valence-corrected chi connectivity index (χ4v) is 4.81. The zero-order valence-corrected chi connectivity index (χ0v) is 29.5. The molecule has 4 atom stereocenters. The largest absolute Gasteiger partial charge is 0.668 e. The second kappa shape index (κ2) is 21.7. The number of imidazole rings is 1. The van der Waals surface area contributed by atoms with Gasteiger partial charge in [-0.15, -0.1) is 0 Å². The van der Waals surface area contributed by atoms with Gasteiger partial charge in [0.05, 0.1) is 6.33 Å². The summed E-state index contributed by atoms with van der Waals surface area (Å²) in [6, 6.07) is 13.6. The number of hydrogen-bond donors (Lipinski definition) is 6. The van der Waals surface area contributed by atoms with Crippen LogP contribution in [0.4, 0.5) is 4.79 Å². The number of aliphatic carboxylic acids is 1. The lowest BCUT2D eigenvalue weighted by Crippen LogP contribution is -2.59. The highest BCUT2D eigenvalue weighted by atomic mass is 16.5. The Hall–Kier alpha value is -5.24. The molecule has 50 heavy (non-hydrogen) atoms. The lowest BCUT2D eigenvalue weighted by Gasteiger charge is -2.27. The molecular formula is C36H50N7O7-. The van der Waals surface area contributed by atoms with Crippen molar-refractivity contribution in [2.75, 3.05) is 14.1 Å². The molecule has 3 aromatic rings. The Morgan fingerprint density at radius 1 is 0.760 bits per heavy atom. The van der Waals surface area contributed by atoms with Gasteiger partial charge in [-0.05, 0) is 29.4 Å². The monoisotopic (exact) mass is 692 g/mol. The topological polar surface area (TPSA) is 206 Å². The second-order valence-corrected chi connectivity index (χ2v) is 12.5. The van der Waals surface area contributed by atoms with Gasteiger partial charge in [-0.2, -0.15) is 14.1 Å². The van der Waals surface area contributed by atoms with Crippen LogP contribution in [0, 0.1) is 11.8 Å². The van der Waals surface area contributed by atoms with Gasteiger partial charge in [-0.1, -0.05) is 88.4 Å². The number of nitrogens with one attached hydrogen (secondary N) is 5. The van der Waals surface area contributed by atoms with Crippen molar-refractivity contribution in [2.24, 2.45) is 11.8 Å². The van der Waals surface area contributed by atoms with Gasteiger partial charge in [-0.25, -0.2) is 14.6 Å². The van der Waals surface area contributed by atoms with Crippen molar-refractivity contribution in [2.45, 2.75) is 77.7 Å². The predicted molar refractivity (Wildman–Crippen MR) is 189 cm³/mol. The van der Waals surface area contributed by atoms with Crippen molar-refractivity contribution >= 4 is 29.8 Å². The van der Waals surface area contributed by atoms with Gasteiger partial charge < -0.3 is 41.4 Å². The van der Waals surface area contributed by atoms with E-state index in [4.69, 9.17) is 4.74 Å². The number of carboxylic acid groups (broad SMARTS) is 1. The van der Waals surface area contributed by atoms with Crippen molar-refractivity contribution in [3.8, 4) is 0 Å². The van der Waals surface area contributed by atoms with Crippen molar-refractivity contribution in [3.05, 3.63) is 95.3 Å². The summed E-state index contributed by atoms with van der Waals surface area (Å²) >= 11 is 0. The maximum absolute atomic E-state index is 13.8. The third-order valence-corrected chi connectivity index (χ3v) is 7.29. The zero-order chi connectivity index (χ0) is 37.1. The SMILES string of the molecule is CC(C)C[C@H](NC(=O)[C@H](Cc1cnc[nH]1)NC(=O)[C@H](Cc1ccccc1)NC(=O)OCc1ccccc1)C(=O)N[C@H](C(=O)O)C(C)C.C[N-]C. The lowest BCUT2D eigenvalue weighted by molar-refractivity contribution is -0.143. The number of hydrogen-bond acceptors (Lipinski definition) is 7. The second-order valence-electron chi connectivity index (χ2n) is 12.5. The number of carbonyl (C=O) groups is 5. The molecule has 1 aromatic heterocycles. The highest BCUT2D eigenvalue weighted by Gasteiger charge is 2.33. The highest BCUT2D eigenvalue weighted by Crippen LogP contribution is 2.11. The molecule has 0 aliphatic carbocycles. The Morgan fingerprint density at radius 3 is 1.78 bits per heavy atom. The average Bonchev–Trinajstić information content (AvgIpc) is 3.59. The van der Waals surface area contributed by atoms with E-state index in [-0.39, 0.29) is 31.8 Å². The molecule has 14 heteroatoms. The lowest BCUT2D eigenvalue weighted by atomic mass is 9.99. The van der Waals surface area contributed by atoms with E-state index < -0.39 is 59.9 Å². The molecule has 272 valence electrons.